The molecule has 0 amide bonds. The van der Waals surface area contributed by atoms with Gasteiger partial charge in [-0.2, -0.15) is 25.3 Å². The first-order chi connectivity index (χ1) is 13.2. The second-order valence-electron chi connectivity index (χ2n) is 9.31. The van der Waals surface area contributed by atoms with E-state index in [4.69, 9.17) is 25.3 Å². The van der Waals surface area contributed by atoms with E-state index in [1.807, 2.05) is 0 Å². The third-order valence-electron chi connectivity index (χ3n) is 5.10. The lowest BCUT2D eigenvalue weighted by Crippen LogP contribution is -2.22. The summed E-state index contributed by atoms with van der Waals surface area (Å²) in [6, 6.07) is 0. The van der Waals surface area contributed by atoms with Gasteiger partial charge in [0, 0.05) is 23.6 Å². The molecule has 0 radical (unpaired) electrons. The Labute approximate surface area is 179 Å². The third-order valence-corrected chi connectivity index (χ3v) is 6.14. The minimum absolute atomic E-state index is 0.150. The second kappa shape index (κ2) is 10.6. The normalized spacial score (nSPS) is 14.9. The highest BCUT2D eigenvalue weighted by atomic mass is 32.1. The Hall–Kier alpha value is -1.16. The first-order valence-corrected chi connectivity index (χ1v) is 11.0. The van der Waals surface area contributed by atoms with Crippen molar-refractivity contribution in [2.45, 2.75) is 89.8 Å². The number of thiol groups is 2. The highest BCUT2D eigenvalue weighted by Gasteiger charge is 2.22. The van der Waals surface area contributed by atoms with Crippen LogP contribution in [0.5, 0.6) is 0 Å². The molecule has 2 heterocycles. The Bertz CT molecular complexity index is 599. The Morgan fingerprint density at radius 2 is 1.11 bits per heavy atom. The summed E-state index contributed by atoms with van der Waals surface area (Å²) in [5, 5.41) is 23.5. The fraction of sp³-hybridized carbons (Fsp3) is 0.889. The van der Waals surface area contributed by atoms with Gasteiger partial charge in [-0.05, 0) is 70.2 Å². The van der Waals surface area contributed by atoms with Crippen molar-refractivity contribution in [3.05, 3.63) is 12.7 Å². The van der Waals surface area contributed by atoms with Crippen LogP contribution < -0.4 is 0 Å². The second-order valence-corrected chi connectivity index (χ2v) is 10.8. The number of tetrazole rings is 2. The van der Waals surface area contributed by atoms with Crippen LogP contribution in [0.3, 0.4) is 0 Å². The summed E-state index contributed by atoms with van der Waals surface area (Å²) in [6.45, 7) is 10.7. The van der Waals surface area contributed by atoms with Gasteiger partial charge in [0.25, 0.3) is 0 Å². The summed E-state index contributed by atoms with van der Waals surface area (Å²) in [5.74, 6) is 0. The topological polar surface area (TPSA) is 87.2 Å². The first-order valence-electron chi connectivity index (χ1n) is 9.93. The predicted octanol–water partition coefficient (Wildman–Crippen LogP) is 3.35. The van der Waals surface area contributed by atoms with Crippen LogP contribution in [0.15, 0.2) is 12.7 Å². The lowest BCUT2D eigenvalue weighted by Gasteiger charge is -2.27. The standard InChI is InChI=1S/C18H34N8S2/c1-17(2,11-25-13-19-21-23-25)9-7-15(27)5-6-16(28)8-10-18(3,4)12-26-14-20-22-24-26/h13-16,27-28H,5-12H2,1-4H3. The van der Waals surface area contributed by atoms with Gasteiger partial charge in [0.05, 0.1) is 0 Å². The maximum Gasteiger partial charge on any atom is 0.138 e. The molecule has 2 unspecified atom stereocenters. The zero-order valence-electron chi connectivity index (χ0n) is 17.4. The number of aromatic nitrogens is 8. The van der Waals surface area contributed by atoms with Crippen LogP contribution in [-0.2, 0) is 13.1 Å². The molecule has 2 rings (SSSR count). The quantitative estimate of drug-likeness (QED) is 0.478. The van der Waals surface area contributed by atoms with Crippen LogP contribution in [0.4, 0.5) is 0 Å². The van der Waals surface area contributed by atoms with Crippen LogP contribution in [0.2, 0.25) is 0 Å². The van der Waals surface area contributed by atoms with E-state index in [0.29, 0.717) is 10.5 Å². The fourth-order valence-electron chi connectivity index (χ4n) is 3.33. The Balaban J connectivity index is 1.62. The molecule has 2 aromatic heterocycles. The molecule has 0 aliphatic carbocycles. The first kappa shape index (κ1) is 23.1. The molecule has 0 saturated heterocycles. The van der Waals surface area contributed by atoms with Crippen molar-refractivity contribution in [3.63, 3.8) is 0 Å². The molecule has 2 atom stereocenters. The van der Waals surface area contributed by atoms with Crippen LogP contribution in [0.25, 0.3) is 0 Å². The van der Waals surface area contributed by atoms with Gasteiger partial charge in [0.1, 0.15) is 12.7 Å². The van der Waals surface area contributed by atoms with Gasteiger partial charge in [-0.15, -0.1) is 10.2 Å². The lowest BCUT2D eigenvalue weighted by molar-refractivity contribution is 0.254. The molecule has 0 spiro atoms. The molecule has 28 heavy (non-hydrogen) atoms. The third kappa shape index (κ3) is 8.89. The zero-order chi connectivity index (χ0) is 20.6. The zero-order valence-corrected chi connectivity index (χ0v) is 19.2. The largest absolute Gasteiger partial charge is 0.232 e. The van der Waals surface area contributed by atoms with Crippen molar-refractivity contribution >= 4 is 25.3 Å². The highest BCUT2D eigenvalue weighted by molar-refractivity contribution is 7.81. The molecule has 0 bridgehead atoms. The maximum absolute atomic E-state index is 4.81. The van der Waals surface area contributed by atoms with Crippen molar-refractivity contribution in [1.29, 1.82) is 0 Å². The molecule has 0 aliphatic rings. The van der Waals surface area contributed by atoms with E-state index in [1.165, 1.54) is 0 Å². The summed E-state index contributed by atoms with van der Waals surface area (Å²) < 4.78 is 3.60. The van der Waals surface area contributed by atoms with E-state index in [1.54, 1.807) is 22.0 Å². The van der Waals surface area contributed by atoms with Crippen LogP contribution in [0, 0.1) is 10.8 Å². The van der Waals surface area contributed by atoms with Gasteiger partial charge < -0.3 is 0 Å². The van der Waals surface area contributed by atoms with E-state index in [2.05, 4.69) is 58.7 Å². The SMILES string of the molecule is CC(C)(CCC(S)CCC(S)CCC(C)(C)Cn1cnnn1)Cn1cnnn1. The number of hydrogen-bond donors (Lipinski definition) is 2. The van der Waals surface area contributed by atoms with Gasteiger partial charge in [-0.3, -0.25) is 0 Å². The molecule has 158 valence electrons. The molecule has 0 fully saturated rings. The maximum atomic E-state index is 4.81. The molecule has 10 heteroatoms. The van der Waals surface area contributed by atoms with Crippen molar-refractivity contribution in [1.82, 2.24) is 40.4 Å². The molecule has 8 nitrogen and oxygen atoms in total. The van der Waals surface area contributed by atoms with E-state index >= 15 is 0 Å². The summed E-state index contributed by atoms with van der Waals surface area (Å²) in [5.41, 5.74) is 0.300. The number of rotatable bonds is 13. The van der Waals surface area contributed by atoms with Gasteiger partial charge in [0.2, 0.25) is 0 Å². The Kier molecular flexibility index (Phi) is 8.73. The Morgan fingerprint density at radius 3 is 1.43 bits per heavy atom. The molecule has 0 N–H and O–H groups in total. The smallest absolute Gasteiger partial charge is 0.138 e. The molecular weight excluding hydrogens is 392 g/mol. The van der Waals surface area contributed by atoms with E-state index in [0.717, 1.165) is 51.6 Å². The van der Waals surface area contributed by atoms with Crippen molar-refractivity contribution in [2.75, 3.05) is 0 Å². The minimum atomic E-state index is 0.150. The Morgan fingerprint density at radius 1 is 0.714 bits per heavy atom. The molecule has 2 aromatic rings. The van der Waals surface area contributed by atoms with Gasteiger partial charge in [-0.25, -0.2) is 9.36 Å². The van der Waals surface area contributed by atoms with E-state index in [-0.39, 0.29) is 10.8 Å². The summed E-state index contributed by atoms with van der Waals surface area (Å²) in [4.78, 5) is 0. The summed E-state index contributed by atoms with van der Waals surface area (Å²) in [6.07, 6.45) is 9.89. The fourth-order valence-corrected chi connectivity index (χ4v) is 3.89. The van der Waals surface area contributed by atoms with Crippen LogP contribution in [0.1, 0.15) is 66.2 Å². The van der Waals surface area contributed by atoms with E-state index < -0.39 is 0 Å². The molecular formula is C18H34N8S2. The number of hydrogen-bond acceptors (Lipinski definition) is 8. The van der Waals surface area contributed by atoms with E-state index in [9.17, 15) is 0 Å². The summed E-state index contributed by atoms with van der Waals surface area (Å²) >= 11 is 9.62. The average molecular weight is 427 g/mol. The van der Waals surface area contributed by atoms with Crippen molar-refractivity contribution in [2.24, 2.45) is 10.8 Å². The van der Waals surface area contributed by atoms with Gasteiger partial charge >= 0.3 is 0 Å². The summed E-state index contributed by atoms with van der Waals surface area (Å²) in [7, 11) is 0. The highest BCUT2D eigenvalue weighted by Crippen LogP contribution is 2.30. The van der Waals surface area contributed by atoms with Gasteiger partial charge in [-0.1, -0.05) is 27.7 Å². The minimum Gasteiger partial charge on any atom is -0.232 e. The average Bonchev–Trinajstić information content (AvgIpc) is 3.30. The number of nitrogens with zero attached hydrogens (tertiary/aromatic N) is 8. The van der Waals surface area contributed by atoms with Crippen LogP contribution >= 0.6 is 25.3 Å². The molecule has 0 aromatic carbocycles. The molecule has 0 aliphatic heterocycles. The van der Waals surface area contributed by atoms with Crippen molar-refractivity contribution in [3.8, 4) is 0 Å². The predicted molar refractivity (Wildman–Crippen MR) is 116 cm³/mol. The molecule has 0 saturated carbocycles. The monoisotopic (exact) mass is 426 g/mol. The van der Waals surface area contributed by atoms with Crippen molar-refractivity contribution < 1.29 is 0 Å². The van der Waals surface area contributed by atoms with Crippen LogP contribution in [-0.4, -0.2) is 50.9 Å². The van der Waals surface area contributed by atoms with Gasteiger partial charge in [0.15, 0.2) is 0 Å². The lowest BCUT2D eigenvalue weighted by atomic mass is 9.85.